The van der Waals surface area contributed by atoms with E-state index in [-0.39, 0.29) is 27.6 Å². The van der Waals surface area contributed by atoms with Crippen molar-refractivity contribution in [3.05, 3.63) is 44.8 Å². The van der Waals surface area contributed by atoms with Crippen LogP contribution in [-0.4, -0.2) is 33.1 Å². The number of amides is 1. The molecule has 0 fully saturated rings. The molecule has 26 heavy (non-hydrogen) atoms. The summed E-state index contributed by atoms with van der Waals surface area (Å²) in [5, 5.41) is 23.8. The van der Waals surface area contributed by atoms with Crippen LogP contribution in [0.5, 0.6) is 11.5 Å². The van der Waals surface area contributed by atoms with E-state index in [9.17, 15) is 15.0 Å². The second kappa shape index (κ2) is 8.11. The van der Waals surface area contributed by atoms with Crippen molar-refractivity contribution >= 4 is 66.8 Å². The number of rotatable bonds is 5. The van der Waals surface area contributed by atoms with E-state index in [1.54, 1.807) is 6.07 Å². The van der Waals surface area contributed by atoms with E-state index >= 15 is 0 Å². The smallest absolute Gasteiger partial charge is 0.257 e. The molecule has 3 N–H and O–H groups in total. The van der Waals surface area contributed by atoms with Crippen molar-refractivity contribution in [3.8, 4) is 11.5 Å². The maximum atomic E-state index is 11.9. The second-order valence-corrected chi connectivity index (χ2v) is 7.56. The van der Waals surface area contributed by atoms with E-state index in [0.717, 1.165) is 17.3 Å². The molecule has 2 aromatic carbocycles. The number of aromatic nitrogens is 1. The van der Waals surface area contributed by atoms with Gasteiger partial charge in [-0.25, -0.2) is 10.4 Å². The summed E-state index contributed by atoms with van der Waals surface area (Å²) in [6.07, 6.45) is 1.27. The molecule has 0 aliphatic heterocycles. The van der Waals surface area contributed by atoms with Crippen molar-refractivity contribution in [2.45, 2.75) is 5.22 Å². The molecular formula is C16H11Br2N3O4S. The number of phenols is 2. The highest BCUT2D eigenvalue weighted by molar-refractivity contribution is 9.11. The van der Waals surface area contributed by atoms with Crippen LogP contribution >= 0.6 is 43.6 Å². The first-order valence-electron chi connectivity index (χ1n) is 7.16. The molecular weight excluding hydrogens is 490 g/mol. The number of carbonyl (C=O) groups excluding carboxylic acids is 1. The zero-order chi connectivity index (χ0) is 18.7. The van der Waals surface area contributed by atoms with Crippen LogP contribution in [0.3, 0.4) is 0 Å². The Morgan fingerprint density at radius 2 is 2.08 bits per heavy atom. The van der Waals surface area contributed by atoms with Gasteiger partial charge < -0.3 is 14.6 Å². The molecule has 0 bridgehead atoms. The van der Waals surface area contributed by atoms with Gasteiger partial charge >= 0.3 is 0 Å². The van der Waals surface area contributed by atoms with Crippen LogP contribution in [0.4, 0.5) is 0 Å². The van der Waals surface area contributed by atoms with Crippen LogP contribution < -0.4 is 5.43 Å². The first-order chi connectivity index (χ1) is 12.5. The lowest BCUT2D eigenvalue weighted by molar-refractivity contribution is -0.118. The number of benzene rings is 2. The Hall–Kier alpha value is -2.04. The Labute approximate surface area is 168 Å². The van der Waals surface area contributed by atoms with Crippen molar-refractivity contribution in [2.24, 2.45) is 5.10 Å². The highest BCUT2D eigenvalue weighted by Crippen LogP contribution is 2.40. The molecule has 1 heterocycles. The average molecular weight is 501 g/mol. The molecule has 0 aliphatic carbocycles. The lowest BCUT2D eigenvalue weighted by atomic mass is 10.2. The second-order valence-electron chi connectivity index (χ2n) is 4.99. The Morgan fingerprint density at radius 1 is 1.31 bits per heavy atom. The van der Waals surface area contributed by atoms with E-state index in [4.69, 9.17) is 4.42 Å². The van der Waals surface area contributed by atoms with Gasteiger partial charge in [0.05, 0.1) is 16.4 Å². The van der Waals surface area contributed by atoms with Gasteiger partial charge in [0.15, 0.2) is 5.58 Å². The average Bonchev–Trinajstić information content (AvgIpc) is 3.05. The third-order valence-electron chi connectivity index (χ3n) is 3.19. The van der Waals surface area contributed by atoms with Gasteiger partial charge in [0.1, 0.15) is 21.5 Å². The standard InChI is InChI=1S/C16H11Br2N3O4S/c17-9-5-8(14(23)13(18)15(9)24)6-19-21-12(22)7-26-16-20-10-3-1-2-4-11(10)25-16/h1-6,23-24H,7H2,(H,21,22)/b19-6-. The zero-order valence-corrected chi connectivity index (χ0v) is 16.9. The third-order valence-corrected chi connectivity index (χ3v) is 5.38. The van der Waals surface area contributed by atoms with Crippen LogP contribution in [0.25, 0.3) is 11.1 Å². The van der Waals surface area contributed by atoms with Crippen LogP contribution in [0.15, 0.2) is 54.0 Å². The van der Waals surface area contributed by atoms with Gasteiger partial charge in [-0.1, -0.05) is 23.9 Å². The maximum absolute atomic E-state index is 11.9. The van der Waals surface area contributed by atoms with E-state index < -0.39 is 0 Å². The minimum absolute atomic E-state index is 0.0686. The molecule has 0 saturated carbocycles. The lowest BCUT2D eigenvalue weighted by Crippen LogP contribution is -2.19. The van der Waals surface area contributed by atoms with Gasteiger partial charge in [0.2, 0.25) is 0 Å². The maximum Gasteiger partial charge on any atom is 0.257 e. The van der Waals surface area contributed by atoms with Crippen molar-refractivity contribution < 1.29 is 19.4 Å². The molecule has 7 nitrogen and oxygen atoms in total. The van der Waals surface area contributed by atoms with Crippen LogP contribution in [0, 0.1) is 0 Å². The van der Waals surface area contributed by atoms with E-state index in [0.29, 0.717) is 20.8 Å². The first-order valence-corrected chi connectivity index (χ1v) is 9.73. The quantitative estimate of drug-likeness (QED) is 0.277. The minimum Gasteiger partial charge on any atom is -0.506 e. The number of hydrogen-bond donors (Lipinski definition) is 3. The van der Waals surface area contributed by atoms with E-state index in [2.05, 4.69) is 47.4 Å². The zero-order valence-electron chi connectivity index (χ0n) is 12.9. The first kappa shape index (κ1) is 18.7. The Balaban J connectivity index is 1.58. The number of para-hydroxylation sites is 2. The Morgan fingerprint density at radius 3 is 2.85 bits per heavy atom. The summed E-state index contributed by atoms with van der Waals surface area (Å²) in [6.45, 7) is 0. The molecule has 0 aliphatic rings. The molecule has 0 atom stereocenters. The number of oxazole rings is 1. The van der Waals surface area contributed by atoms with Crippen LogP contribution in [0.2, 0.25) is 0 Å². The summed E-state index contributed by atoms with van der Waals surface area (Å²) < 4.78 is 6.02. The highest BCUT2D eigenvalue weighted by Gasteiger charge is 2.13. The Kier molecular flexibility index (Phi) is 5.84. The molecule has 0 spiro atoms. The molecule has 3 rings (SSSR count). The molecule has 0 radical (unpaired) electrons. The van der Waals surface area contributed by atoms with Crippen molar-refractivity contribution in [1.82, 2.24) is 10.4 Å². The summed E-state index contributed by atoms with van der Waals surface area (Å²) in [6, 6.07) is 8.80. The fraction of sp³-hybridized carbons (Fsp3) is 0.0625. The number of aromatic hydroxyl groups is 2. The van der Waals surface area contributed by atoms with Gasteiger partial charge in [0, 0.05) is 5.56 Å². The molecule has 134 valence electrons. The summed E-state index contributed by atoms with van der Waals surface area (Å²) in [5.74, 6) is -0.605. The molecule has 1 aromatic heterocycles. The molecule has 10 heteroatoms. The van der Waals surface area contributed by atoms with E-state index in [1.807, 2.05) is 18.2 Å². The lowest BCUT2D eigenvalue weighted by Gasteiger charge is -2.06. The predicted octanol–water partition coefficient (Wildman–Crippen LogP) is 4.01. The predicted molar refractivity (Wildman–Crippen MR) is 106 cm³/mol. The normalized spacial score (nSPS) is 11.3. The van der Waals surface area contributed by atoms with Gasteiger partial charge in [-0.3, -0.25) is 4.79 Å². The number of nitrogens with zero attached hydrogens (tertiary/aromatic N) is 2. The van der Waals surface area contributed by atoms with E-state index in [1.165, 1.54) is 12.3 Å². The fourth-order valence-electron chi connectivity index (χ4n) is 1.96. The van der Waals surface area contributed by atoms with Gasteiger partial charge in [-0.15, -0.1) is 0 Å². The number of nitrogens with one attached hydrogen (secondary N) is 1. The SMILES string of the molecule is O=C(CSc1nc2ccccc2o1)N/N=C\c1cc(Br)c(O)c(Br)c1O. The topological polar surface area (TPSA) is 108 Å². The summed E-state index contributed by atoms with van der Waals surface area (Å²) in [4.78, 5) is 16.1. The van der Waals surface area contributed by atoms with Gasteiger partial charge in [0.25, 0.3) is 11.1 Å². The summed E-state index contributed by atoms with van der Waals surface area (Å²) in [5.41, 5.74) is 4.05. The number of hydrazone groups is 1. The van der Waals surface area contributed by atoms with Crippen LogP contribution in [0.1, 0.15) is 5.56 Å². The molecule has 1 amide bonds. The van der Waals surface area contributed by atoms with Gasteiger partial charge in [-0.05, 0) is 50.1 Å². The fourth-order valence-corrected chi connectivity index (χ4v) is 3.75. The molecule has 3 aromatic rings. The number of phenolic OH excluding ortho intramolecular Hbond substituents is 2. The minimum atomic E-state index is -0.357. The molecule has 0 unspecified atom stereocenters. The molecule has 0 saturated heterocycles. The van der Waals surface area contributed by atoms with Crippen molar-refractivity contribution in [3.63, 3.8) is 0 Å². The number of halogens is 2. The highest BCUT2D eigenvalue weighted by atomic mass is 79.9. The Bertz CT molecular complexity index is 974. The summed E-state index contributed by atoms with van der Waals surface area (Å²) in [7, 11) is 0. The van der Waals surface area contributed by atoms with Crippen LogP contribution in [-0.2, 0) is 4.79 Å². The number of fused-ring (bicyclic) bond motifs is 1. The summed E-state index contributed by atoms with van der Waals surface area (Å²) >= 11 is 7.37. The number of thioether (sulfide) groups is 1. The number of carbonyl (C=O) groups is 1. The largest absolute Gasteiger partial charge is 0.506 e. The van der Waals surface area contributed by atoms with Crippen molar-refractivity contribution in [2.75, 3.05) is 5.75 Å². The van der Waals surface area contributed by atoms with Gasteiger partial charge in [-0.2, -0.15) is 5.10 Å². The van der Waals surface area contributed by atoms with Crippen molar-refractivity contribution in [1.29, 1.82) is 0 Å². The third kappa shape index (κ3) is 4.19. The monoisotopic (exact) mass is 499 g/mol. The number of hydrogen-bond acceptors (Lipinski definition) is 7.